The zero-order valence-electron chi connectivity index (χ0n) is 21.9. The molecule has 1 aliphatic rings. The molecule has 0 radical (unpaired) electrons. The number of carbonyl (C=O) groups excluding carboxylic acids is 1. The third kappa shape index (κ3) is 5.90. The van der Waals surface area contributed by atoms with Gasteiger partial charge in [-0.05, 0) is 49.1 Å². The Hall–Kier alpha value is -3.68. The van der Waals surface area contributed by atoms with Crippen LogP contribution in [0, 0.1) is 0 Å². The zero-order valence-corrected chi connectivity index (χ0v) is 22.8. The van der Waals surface area contributed by atoms with Gasteiger partial charge in [-0.3, -0.25) is 4.79 Å². The molecule has 38 heavy (non-hydrogen) atoms. The number of hydrogen-bond acceptors (Lipinski definition) is 2. The first-order valence-electron chi connectivity index (χ1n) is 13.4. The summed E-state index contributed by atoms with van der Waals surface area (Å²) in [6.07, 6.45) is 9.13. The molecule has 0 N–H and O–H groups in total. The van der Waals surface area contributed by atoms with Gasteiger partial charge < -0.3 is 9.64 Å². The molecule has 3 nitrogen and oxygen atoms in total. The second-order valence-electron chi connectivity index (χ2n) is 9.58. The molecule has 0 spiro atoms. The number of ether oxygens (including phenoxy) is 1. The predicted molar refractivity (Wildman–Crippen MR) is 162 cm³/mol. The first-order chi connectivity index (χ1) is 18.8. The fourth-order valence-corrected chi connectivity index (χ4v) is 7.76. The SMILES string of the molecule is COc1cccc(P(c2ccccc2)c2ccccc2)c1N(C(=O)/C=C/c1ccccc1)C1CCCCC1. The van der Waals surface area contributed by atoms with Gasteiger partial charge in [-0.15, -0.1) is 0 Å². The molecule has 4 aromatic carbocycles. The number of carbonyl (C=O) groups is 1. The first-order valence-corrected chi connectivity index (χ1v) is 14.7. The highest BCUT2D eigenvalue weighted by atomic mass is 31.1. The van der Waals surface area contributed by atoms with Crippen molar-refractivity contribution in [2.24, 2.45) is 0 Å². The van der Waals surface area contributed by atoms with Crippen LogP contribution in [-0.4, -0.2) is 19.1 Å². The number of methoxy groups -OCH3 is 1. The minimum absolute atomic E-state index is 0.00239. The topological polar surface area (TPSA) is 29.5 Å². The van der Waals surface area contributed by atoms with Gasteiger partial charge in [0.15, 0.2) is 0 Å². The highest BCUT2D eigenvalue weighted by molar-refractivity contribution is 7.80. The van der Waals surface area contributed by atoms with Gasteiger partial charge in [0.05, 0.1) is 12.8 Å². The van der Waals surface area contributed by atoms with E-state index < -0.39 is 7.92 Å². The van der Waals surface area contributed by atoms with Crippen LogP contribution in [0.3, 0.4) is 0 Å². The van der Waals surface area contributed by atoms with Gasteiger partial charge in [-0.2, -0.15) is 0 Å². The summed E-state index contributed by atoms with van der Waals surface area (Å²) < 4.78 is 5.99. The second-order valence-corrected chi connectivity index (χ2v) is 11.8. The summed E-state index contributed by atoms with van der Waals surface area (Å²) in [6, 6.07) is 37.7. The normalized spacial score (nSPS) is 14.1. The Balaban J connectivity index is 1.68. The molecule has 1 amide bonds. The van der Waals surface area contributed by atoms with E-state index in [1.807, 2.05) is 47.4 Å². The molecule has 5 rings (SSSR count). The van der Waals surface area contributed by atoms with E-state index in [0.29, 0.717) is 0 Å². The van der Waals surface area contributed by atoms with Crippen LogP contribution in [0.25, 0.3) is 6.08 Å². The van der Waals surface area contributed by atoms with Crippen molar-refractivity contribution in [1.29, 1.82) is 0 Å². The fourth-order valence-electron chi connectivity index (χ4n) is 5.30. The molecule has 0 bridgehead atoms. The van der Waals surface area contributed by atoms with Gasteiger partial charge in [-0.1, -0.05) is 122 Å². The first kappa shape index (κ1) is 25.9. The lowest BCUT2D eigenvalue weighted by molar-refractivity contribution is -0.114. The quantitative estimate of drug-likeness (QED) is 0.189. The third-order valence-corrected chi connectivity index (χ3v) is 9.58. The van der Waals surface area contributed by atoms with E-state index in [-0.39, 0.29) is 11.9 Å². The van der Waals surface area contributed by atoms with Gasteiger partial charge in [0.1, 0.15) is 5.75 Å². The molecule has 1 fully saturated rings. The molecule has 4 aromatic rings. The van der Waals surface area contributed by atoms with Gasteiger partial charge in [0, 0.05) is 17.4 Å². The van der Waals surface area contributed by atoms with Crippen LogP contribution in [0.2, 0.25) is 0 Å². The Kier molecular flexibility index (Phi) is 8.68. The van der Waals surface area contributed by atoms with Gasteiger partial charge >= 0.3 is 0 Å². The number of anilines is 1. The van der Waals surface area contributed by atoms with Crippen molar-refractivity contribution < 1.29 is 9.53 Å². The number of nitrogens with zero attached hydrogens (tertiary/aromatic N) is 1. The standard InChI is InChI=1S/C34H34NO2P/c1-37-31-23-14-24-32(38(29-19-10-4-11-20-29)30-21-12-5-13-22-30)34(31)35(28-17-8-3-9-18-28)33(36)26-25-27-15-6-2-7-16-27/h2,4-7,10-16,19-26,28H,3,8-9,17-18H2,1H3/b26-25+. The van der Waals surface area contributed by atoms with Crippen molar-refractivity contribution in [3.05, 3.63) is 121 Å². The smallest absolute Gasteiger partial charge is 0.251 e. The van der Waals surface area contributed by atoms with Crippen LogP contribution in [0.4, 0.5) is 5.69 Å². The third-order valence-electron chi connectivity index (χ3n) is 7.10. The molecule has 0 atom stereocenters. The van der Waals surface area contributed by atoms with E-state index in [2.05, 4.69) is 72.8 Å². The molecular formula is C34H34NO2P. The summed E-state index contributed by atoms with van der Waals surface area (Å²) in [5, 5.41) is 3.64. The maximum Gasteiger partial charge on any atom is 0.251 e. The molecule has 4 heteroatoms. The Bertz CT molecular complexity index is 1310. The van der Waals surface area contributed by atoms with E-state index in [1.54, 1.807) is 13.2 Å². The van der Waals surface area contributed by atoms with Gasteiger partial charge in [0.2, 0.25) is 0 Å². The van der Waals surface area contributed by atoms with Crippen molar-refractivity contribution in [3.8, 4) is 5.75 Å². The van der Waals surface area contributed by atoms with E-state index in [1.165, 1.54) is 17.0 Å². The van der Waals surface area contributed by atoms with Gasteiger partial charge in [-0.25, -0.2) is 0 Å². The van der Waals surface area contributed by atoms with Crippen LogP contribution in [0.15, 0.2) is 115 Å². The lowest BCUT2D eigenvalue weighted by atomic mass is 9.93. The van der Waals surface area contributed by atoms with Crippen molar-refractivity contribution in [1.82, 2.24) is 0 Å². The maximum absolute atomic E-state index is 14.1. The number of hydrogen-bond donors (Lipinski definition) is 0. The Labute approximate surface area is 227 Å². The largest absolute Gasteiger partial charge is 0.495 e. The van der Waals surface area contributed by atoms with Crippen molar-refractivity contribution in [2.75, 3.05) is 12.0 Å². The van der Waals surface area contributed by atoms with E-state index in [9.17, 15) is 4.79 Å². The summed E-state index contributed by atoms with van der Waals surface area (Å²) >= 11 is 0. The lowest BCUT2D eigenvalue weighted by Gasteiger charge is -2.37. The average Bonchev–Trinajstić information content (AvgIpc) is 2.99. The van der Waals surface area contributed by atoms with Gasteiger partial charge in [0.25, 0.3) is 5.91 Å². The molecule has 0 aromatic heterocycles. The monoisotopic (exact) mass is 519 g/mol. The Morgan fingerprint density at radius 3 is 1.92 bits per heavy atom. The summed E-state index contributed by atoms with van der Waals surface area (Å²) in [7, 11) is 0.790. The molecule has 0 saturated heterocycles. The maximum atomic E-state index is 14.1. The number of benzene rings is 4. The molecule has 1 aliphatic carbocycles. The van der Waals surface area contributed by atoms with Crippen LogP contribution in [-0.2, 0) is 4.79 Å². The minimum Gasteiger partial charge on any atom is -0.495 e. The van der Waals surface area contributed by atoms with Crippen molar-refractivity contribution in [3.63, 3.8) is 0 Å². The summed E-state index contributed by atoms with van der Waals surface area (Å²) in [6.45, 7) is 0. The highest BCUT2D eigenvalue weighted by Crippen LogP contribution is 2.42. The Morgan fingerprint density at radius 2 is 1.34 bits per heavy atom. The lowest BCUT2D eigenvalue weighted by Crippen LogP contribution is -2.43. The highest BCUT2D eigenvalue weighted by Gasteiger charge is 2.32. The molecule has 192 valence electrons. The number of amides is 1. The fraction of sp³-hybridized carbons (Fsp3) is 0.206. The van der Waals surface area contributed by atoms with Crippen molar-refractivity contribution in [2.45, 2.75) is 38.1 Å². The van der Waals surface area contributed by atoms with Crippen LogP contribution in [0.1, 0.15) is 37.7 Å². The summed E-state index contributed by atoms with van der Waals surface area (Å²) in [5.74, 6) is 0.747. The van der Waals surface area contributed by atoms with Crippen LogP contribution >= 0.6 is 7.92 Å². The Morgan fingerprint density at radius 1 is 0.763 bits per heavy atom. The zero-order chi connectivity index (χ0) is 26.2. The molecule has 0 unspecified atom stereocenters. The second kappa shape index (κ2) is 12.7. The molecular weight excluding hydrogens is 485 g/mol. The summed E-state index contributed by atoms with van der Waals surface area (Å²) in [5.41, 5.74) is 1.92. The van der Waals surface area contributed by atoms with E-state index in [4.69, 9.17) is 4.74 Å². The van der Waals surface area contributed by atoms with Crippen molar-refractivity contribution >= 4 is 41.5 Å². The minimum atomic E-state index is -0.918. The summed E-state index contributed by atoms with van der Waals surface area (Å²) in [4.78, 5) is 16.2. The predicted octanol–water partition coefficient (Wildman–Crippen LogP) is 6.83. The van der Waals surface area contributed by atoms with Crippen LogP contribution < -0.4 is 25.6 Å². The van der Waals surface area contributed by atoms with E-state index >= 15 is 0 Å². The van der Waals surface area contributed by atoms with Crippen LogP contribution in [0.5, 0.6) is 5.75 Å². The molecule has 1 saturated carbocycles. The number of para-hydroxylation sites is 1. The molecule has 0 aliphatic heterocycles. The number of rotatable bonds is 8. The van der Waals surface area contributed by atoms with E-state index in [0.717, 1.165) is 48.0 Å². The average molecular weight is 520 g/mol. The molecule has 0 heterocycles.